The average Bonchev–Trinajstić information content (AvgIpc) is 2.49. The predicted molar refractivity (Wildman–Crippen MR) is 77.9 cm³/mol. The smallest absolute Gasteiger partial charge is 0.317 e. The van der Waals surface area contributed by atoms with E-state index in [9.17, 15) is 4.79 Å². The molecule has 2 N–H and O–H groups in total. The number of amides is 2. The van der Waals surface area contributed by atoms with Gasteiger partial charge in [-0.25, -0.2) is 9.78 Å². The molecule has 0 unspecified atom stereocenters. The quantitative estimate of drug-likeness (QED) is 0.795. The van der Waals surface area contributed by atoms with E-state index in [0.717, 1.165) is 24.3 Å². The Morgan fingerprint density at radius 1 is 1.35 bits per heavy atom. The number of nitrogens with one attached hydrogen (secondary N) is 2. The molecule has 0 spiro atoms. The summed E-state index contributed by atoms with van der Waals surface area (Å²) in [5.74, 6) is 0.870. The number of ether oxygens (including phenoxy) is 1. The second kappa shape index (κ2) is 7.69. The third-order valence-electron chi connectivity index (χ3n) is 3.15. The summed E-state index contributed by atoms with van der Waals surface area (Å²) >= 11 is 0. The van der Waals surface area contributed by atoms with Gasteiger partial charge in [0, 0.05) is 32.4 Å². The van der Waals surface area contributed by atoms with Crippen LogP contribution < -0.4 is 10.6 Å². The molecule has 1 aliphatic heterocycles. The highest BCUT2D eigenvalue weighted by Crippen LogP contribution is 2.03. The summed E-state index contributed by atoms with van der Waals surface area (Å²) in [5, 5.41) is 6.15. The van der Waals surface area contributed by atoms with Crippen molar-refractivity contribution in [1.82, 2.24) is 15.2 Å². The van der Waals surface area contributed by atoms with Crippen LogP contribution in [-0.4, -0.2) is 55.3 Å². The summed E-state index contributed by atoms with van der Waals surface area (Å²) in [7, 11) is 0. The number of pyridine rings is 1. The first-order chi connectivity index (χ1) is 9.75. The number of urea groups is 1. The number of anilines is 1. The zero-order valence-electron chi connectivity index (χ0n) is 11.9. The van der Waals surface area contributed by atoms with Gasteiger partial charge in [0.2, 0.25) is 0 Å². The molecule has 20 heavy (non-hydrogen) atoms. The topological polar surface area (TPSA) is 66.5 Å². The van der Waals surface area contributed by atoms with Crippen LogP contribution in [0.5, 0.6) is 0 Å². The molecule has 0 atom stereocenters. The van der Waals surface area contributed by atoms with Gasteiger partial charge in [0.15, 0.2) is 0 Å². The summed E-state index contributed by atoms with van der Waals surface area (Å²) in [6.07, 6.45) is 2.70. The molecule has 0 bridgehead atoms. The Labute approximate surface area is 119 Å². The highest BCUT2D eigenvalue weighted by atomic mass is 16.5. The van der Waals surface area contributed by atoms with E-state index < -0.39 is 0 Å². The van der Waals surface area contributed by atoms with Gasteiger partial charge < -0.3 is 20.3 Å². The molecule has 1 fully saturated rings. The lowest BCUT2D eigenvalue weighted by Gasteiger charge is -2.26. The van der Waals surface area contributed by atoms with Gasteiger partial charge in [-0.05, 0) is 25.0 Å². The maximum absolute atomic E-state index is 11.8. The Bertz CT molecular complexity index is 416. The maximum Gasteiger partial charge on any atom is 0.317 e. The number of rotatable bonds is 5. The molecule has 6 nitrogen and oxygen atoms in total. The highest BCUT2D eigenvalue weighted by molar-refractivity contribution is 5.74. The molecule has 0 aromatic carbocycles. The summed E-state index contributed by atoms with van der Waals surface area (Å²) < 4.78 is 5.21. The molecule has 0 radical (unpaired) electrons. The fourth-order valence-corrected chi connectivity index (χ4v) is 1.95. The van der Waals surface area contributed by atoms with Gasteiger partial charge in [-0.1, -0.05) is 6.07 Å². The van der Waals surface area contributed by atoms with Gasteiger partial charge >= 0.3 is 6.03 Å². The fraction of sp³-hybridized carbons (Fsp3) is 0.571. The largest absolute Gasteiger partial charge is 0.378 e. The van der Waals surface area contributed by atoms with Gasteiger partial charge in [0.05, 0.1) is 13.2 Å². The molecule has 2 amide bonds. The lowest BCUT2D eigenvalue weighted by atomic mass is 10.3. The van der Waals surface area contributed by atoms with E-state index in [1.165, 1.54) is 0 Å². The lowest BCUT2D eigenvalue weighted by molar-refractivity contribution is 0.0532. The number of aryl methyl sites for hydroxylation is 1. The third kappa shape index (κ3) is 4.70. The van der Waals surface area contributed by atoms with Crippen molar-refractivity contribution in [3.8, 4) is 0 Å². The van der Waals surface area contributed by atoms with Gasteiger partial charge in [-0.15, -0.1) is 0 Å². The molecule has 0 aliphatic carbocycles. The Morgan fingerprint density at radius 2 is 2.15 bits per heavy atom. The van der Waals surface area contributed by atoms with E-state index >= 15 is 0 Å². The van der Waals surface area contributed by atoms with Crippen molar-refractivity contribution in [2.75, 3.05) is 44.7 Å². The van der Waals surface area contributed by atoms with Crippen LogP contribution in [0.15, 0.2) is 18.3 Å². The second-order valence-electron chi connectivity index (χ2n) is 4.83. The fourth-order valence-electron chi connectivity index (χ4n) is 1.95. The van der Waals surface area contributed by atoms with Gasteiger partial charge in [0.25, 0.3) is 0 Å². The molecule has 2 heterocycles. The van der Waals surface area contributed by atoms with Crippen molar-refractivity contribution in [3.63, 3.8) is 0 Å². The van der Waals surface area contributed by atoms with E-state index in [0.29, 0.717) is 32.8 Å². The number of nitrogens with zero attached hydrogens (tertiary/aromatic N) is 2. The number of carbonyl (C=O) groups excluding carboxylic acids is 1. The molecule has 1 aromatic heterocycles. The first kappa shape index (κ1) is 14.6. The van der Waals surface area contributed by atoms with Crippen molar-refractivity contribution in [3.05, 3.63) is 23.9 Å². The lowest BCUT2D eigenvalue weighted by Crippen LogP contribution is -2.46. The normalized spacial score (nSPS) is 14.9. The minimum Gasteiger partial charge on any atom is -0.378 e. The zero-order chi connectivity index (χ0) is 14.2. The monoisotopic (exact) mass is 278 g/mol. The van der Waals surface area contributed by atoms with Crippen LogP contribution in [0.4, 0.5) is 10.6 Å². The first-order valence-electron chi connectivity index (χ1n) is 7.03. The molecular weight excluding hydrogens is 256 g/mol. The van der Waals surface area contributed by atoms with E-state index in [-0.39, 0.29) is 6.03 Å². The number of hydrogen-bond donors (Lipinski definition) is 2. The molecule has 0 saturated carbocycles. The maximum atomic E-state index is 11.8. The average molecular weight is 278 g/mol. The van der Waals surface area contributed by atoms with Crippen LogP contribution in [0, 0.1) is 6.92 Å². The third-order valence-corrected chi connectivity index (χ3v) is 3.15. The van der Waals surface area contributed by atoms with Crippen molar-refractivity contribution in [2.45, 2.75) is 13.3 Å². The summed E-state index contributed by atoms with van der Waals surface area (Å²) in [6.45, 7) is 6.09. The summed E-state index contributed by atoms with van der Waals surface area (Å²) in [6, 6.07) is 3.98. The first-order valence-corrected chi connectivity index (χ1v) is 7.03. The Kier molecular flexibility index (Phi) is 5.61. The SMILES string of the molecule is Cc1ccc(NCCCNC(=O)N2CCOCC2)nc1. The minimum absolute atomic E-state index is 0.00163. The van der Waals surface area contributed by atoms with Gasteiger partial charge in [-0.3, -0.25) is 0 Å². The van der Waals surface area contributed by atoms with E-state index in [2.05, 4.69) is 15.6 Å². The molecule has 2 rings (SSSR count). The molecule has 6 heteroatoms. The van der Waals surface area contributed by atoms with Crippen LogP contribution in [0.2, 0.25) is 0 Å². The van der Waals surface area contributed by atoms with Crippen LogP contribution in [0.3, 0.4) is 0 Å². The molecule has 1 saturated heterocycles. The molecular formula is C14H22N4O2. The number of hydrogen-bond acceptors (Lipinski definition) is 4. The van der Waals surface area contributed by atoms with Crippen molar-refractivity contribution in [1.29, 1.82) is 0 Å². The van der Waals surface area contributed by atoms with Crippen LogP contribution >= 0.6 is 0 Å². The number of aromatic nitrogens is 1. The summed E-state index contributed by atoms with van der Waals surface area (Å²) in [4.78, 5) is 17.8. The predicted octanol–water partition coefficient (Wildman–Crippen LogP) is 1.23. The standard InChI is InChI=1S/C14H22N4O2/c1-12-3-4-13(17-11-12)15-5-2-6-16-14(19)18-7-9-20-10-8-18/h3-4,11H,2,5-10H2,1H3,(H,15,17)(H,16,19). The van der Waals surface area contributed by atoms with E-state index in [1.54, 1.807) is 4.90 Å². The Hall–Kier alpha value is -1.82. The zero-order valence-corrected chi connectivity index (χ0v) is 11.9. The van der Waals surface area contributed by atoms with Crippen LogP contribution in [0.1, 0.15) is 12.0 Å². The van der Waals surface area contributed by atoms with Crippen LogP contribution in [-0.2, 0) is 4.74 Å². The van der Waals surface area contributed by atoms with Crippen molar-refractivity contribution in [2.24, 2.45) is 0 Å². The minimum atomic E-state index is 0.00163. The number of morpholine rings is 1. The van der Waals surface area contributed by atoms with Crippen LogP contribution in [0.25, 0.3) is 0 Å². The van der Waals surface area contributed by atoms with Crippen molar-refractivity contribution < 1.29 is 9.53 Å². The Morgan fingerprint density at radius 3 is 2.85 bits per heavy atom. The number of carbonyl (C=O) groups is 1. The summed E-state index contributed by atoms with van der Waals surface area (Å²) in [5.41, 5.74) is 1.15. The molecule has 110 valence electrons. The van der Waals surface area contributed by atoms with Crippen molar-refractivity contribution >= 4 is 11.8 Å². The molecule has 1 aliphatic rings. The van der Waals surface area contributed by atoms with Gasteiger partial charge in [0.1, 0.15) is 5.82 Å². The molecule has 1 aromatic rings. The van der Waals surface area contributed by atoms with E-state index in [4.69, 9.17) is 4.74 Å². The highest BCUT2D eigenvalue weighted by Gasteiger charge is 2.15. The Balaban J connectivity index is 1.57. The van der Waals surface area contributed by atoms with E-state index in [1.807, 2.05) is 25.3 Å². The van der Waals surface area contributed by atoms with Gasteiger partial charge in [-0.2, -0.15) is 0 Å². The second-order valence-corrected chi connectivity index (χ2v) is 4.83.